The van der Waals surface area contributed by atoms with E-state index < -0.39 is 10.0 Å². The first-order valence-electron chi connectivity index (χ1n) is 9.61. The summed E-state index contributed by atoms with van der Waals surface area (Å²) in [5.74, 6) is -0.0204. The molecule has 1 aliphatic heterocycles. The Morgan fingerprint density at radius 3 is 2.34 bits per heavy atom. The van der Waals surface area contributed by atoms with Crippen LogP contribution in [0.15, 0.2) is 60.0 Å². The van der Waals surface area contributed by atoms with Gasteiger partial charge in [-0.15, -0.1) is 0 Å². The van der Waals surface area contributed by atoms with E-state index in [1.807, 2.05) is 54.6 Å². The normalized spacial score (nSPS) is 16.2. The number of carbonyl (C=O) groups is 1. The van der Waals surface area contributed by atoms with Crippen molar-refractivity contribution in [1.29, 1.82) is 0 Å². The van der Waals surface area contributed by atoms with Gasteiger partial charge in [0, 0.05) is 57.8 Å². The van der Waals surface area contributed by atoms with E-state index in [4.69, 9.17) is 0 Å². The smallest absolute Gasteiger partial charge is 0.253 e. The molecule has 29 heavy (non-hydrogen) atoms. The predicted molar refractivity (Wildman–Crippen MR) is 116 cm³/mol. The molecule has 0 aromatic heterocycles. The first-order valence-corrected chi connectivity index (χ1v) is 11.1. The minimum atomic E-state index is -3.43. The number of carbonyl (C=O) groups excluding carboxylic acids is 1. The van der Waals surface area contributed by atoms with Crippen LogP contribution < -0.4 is 0 Å². The number of hydrogen-bond acceptors (Lipinski definition) is 4. The van der Waals surface area contributed by atoms with Crippen molar-refractivity contribution < 1.29 is 13.2 Å². The second kappa shape index (κ2) is 9.35. The highest BCUT2D eigenvalue weighted by Gasteiger charge is 2.25. The summed E-state index contributed by atoms with van der Waals surface area (Å²) in [6, 6.07) is 17.0. The number of hydrogen-bond donors (Lipinski definition) is 0. The fourth-order valence-corrected chi connectivity index (χ4v) is 4.45. The minimum Gasteiger partial charge on any atom is -0.345 e. The maximum atomic E-state index is 12.6. The fraction of sp³-hybridized carbons (Fsp3) is 0.318. The van der Waals surface area contributed by atoms with Crippen LogP contribution in [0.3, 0.4) is 0 Å². The molecule has 6 nitrogen and oxygen atoms in total. The van der Waals surface area contributed by atoms with Gasteiger partial charge in [-0.1, -0.05) is 42.5 Å². The van der Waals surface area contributed by atoms with Gasteiger partial charge in [-0.25, -0.2) is 8.42 Å². The van der Waals surface area contributed by atoms with Gasteiger partial charge in [-0.05, 0) is 29.3 Å². The highest BCUT2D eigenvalue weighted by Crippen LogP contribution is 2.15. The molecule has 154 valence electrons. The van der Waals surface area contributed by atoms with Crippen molar-refractivity contribution in [3.8, 4) is 0 Å². The lowest BCUT2D eigenvalue weighted by molar-refractivity contribution is 0.0827. The molecule has 1 fully saturated rings. The third-order valence-electron chi connectivity index (χ3n) is 4.91. The molecular weight excluding hydrogens is 386 g/mol. The quantitative estimate of drug-likeness (QED) is 0.730. The zero-order valence-corrected chi connectivity index (χ0v) is 17.7. The van der Waals surface area contributed by atoms with Crippen LogP contribution in [0, 0.1) is 0 Å². The van der Waals surface area contributed by atoms with Gasteiger partial charge in [0.2, 0.25) is 10.0 Å². The number of benzene rings is 2. The summed E-state index contributed by atoms with van der Waals surface area (Å²) in [6.07, 6.45) is 1.63. The molecule has 1 saturated heterocycles. The van der Waals surface area contributed by atoms with Gasteiger partial charge in [-0.3, -0.25) is 9.69 Å². The summed E-state index contributed by atoms with van der Waals surface area (Å²) < 4.78 is 26.7. The molecule has 0 radical (unpaired) electrons. The molecule has 0 bridgehead atoms. The summed E-state index contributed by atoms with van der Waals surface area (Å²) in [6.45, 7) is 2.92. The van der Waals surface area contributed by atoms with Crippen LogP contribution in [0.5, 0.6) is 0 Å². The molecule has 0 aliphatic carbocycles. The van der Waals surface area contributed by atoms with E-state index in [-0.39, 0.29) is 5.91 Å². The average Bonchev–Trinajstić information content (AvgIpc) is 2.73. The Morgan fingerprint density at radius 2 is 1.69 bits per heavy atom. The van der Waals surface area contributed by atoms with Gasteiger partial charge in [0.1, 0.15) is 0 Å². The second-order valence-corrected chi connectivity index (χ2v) is 9.15. The average molecular weight is 414 g/mol. The predicted octanol–water partition coefficient (Wildman–Crippen LogP) is 2.51. The third kappa shape index (κ3) is 5.76. The molecule has 1 amide bonds. The summed E-state index contributed by atoms with van der Waals surface area (Å²) in [5.41, 5.74) is 2.58. The monoisotopic (exact) mass is 413 g/mol. The lowest BCUT2D eigenvalue weighted by atomic mass is 10.1. The molecule has 1 aliphatic rings. The van der Waals surface area contributed by atoms with E-state index >= 15 is 0 Å². The van der Waals surface area contributed by atoms with Crippen molar-refractivity contribution in [2.45, 2.75) is 6.54 Å². The highest BCUT2D eigenvalue weighted by molar-refractivity contribution is 7.92. The minimum absolute atomic E-state index is 0.0204. The molecule has 2 aromatic carbocycles. The van der Waals surface area contributed by atoms with E-state index in [0.29, 0.717) is 38.3 Å². The SMILES string of the molecule is CN(C)C(=O)c1cccc(CN2CCN(S(=O)(=O)/C=C/c3ccccc3)CC2)c1. The number of amides is 1. The van der Waals surface area contributed by atoms with Crippen molar-refractivity contribution in [2.24, 2.45) is 0 Å². The van der Waals surface area contributed by atoms with Crippen molar-refractivity contribution >= 4 is 22.0 Å². The van der Waals surface area contributed by atoms with Gasteiger partial charge in [0.05, 0.1) is 0 Å². The highest BCUT2D eigenvalue weighted by atomic mass is 32.2. The molecule has 0 unspecified atom stereocenters. The Bertz CT molecular complexity index is 964. The third-order valence-corrected chi connectivity index (χ3v) is 6.47. The Labute approximate surface area is 173 Å². The van der Waals surface area contributed by atoms with E-state index in [0.717, 1.165) is 11.1 Å². The fourth-order valence-electron chi connectivity index (χ4n) is 3.28. The maximum Gasteiger partial charge on any atom is 0.253 e. The first kappa shape index (κ1) is 21.2. The van der Waals surface area contributed by atoms with Crippen molar-refractivity contribution in [1.82, 2.24) is 14.1 Å². The lowest BCUT2D eigenvalue weighted by Gasteiger charge is -2.33. The van der Waals surface area contributed by atoms with Gasteiger partial charge in [0.15, 0.2) is 0 Å². The molecule has 0 saturated carbocycles. The molecule has 0 atom stereocenters. The van der Waals surface area contributed by atoms with Gasteiger partial charge < -0.3 is 4.90 Å². The molecule has 7 heteroatoms. The van der Waals surface area contributed by atoms with Crippen molar-refractivity contribution in [3.05, 3.63) is 76.7 Å². The number of rotatable bonds is 6. The maximum absolute atomic E-state index is 12.6. The molecule has 2 aromatic rings. The van der Waals surface area contributed by atoms with Crippen LogP contribution in [0.2, 0.25) is 0 Å². The molecule has 3 rings (SSSR count). The Balaban J connectivity index is 1.57. The van der Waals surface area contributed by atoms with Crippen LogP contribution in [0.25, 0.3) is 6.08 Å². The van der Waals surface area contributed by atoms with Gasteiger partial charge in [-0.2, -0.15) is 4.31 Å². The summed E-state index contributed by atoms with van der Waals surface area (Å²) in [4.78, 5) is 15.9. The number of nitrogens with zero attached hydrogens (tertiary/aromatic N) is 3. The molecule has 0 spiro atoms. The van der Waals surface area contributed by atoms with Gasteiger partial charge >= 0.3 is 0 Å². The van der Waals surface area contributed by atoms with E-state index in [2.05, 4.69) is 4.90 Å². The van der Waals surface area contributed by atoms with Crippen molar-refractivity contribution in [3.63, 3.8) is 0 Å². The second-order valence-electron chi connectivity index (χ2n) is 7.33. The topological polar surface area (TPSA) is 60.9 Å². The molecule has 0 N–H and O–H groups in total. The van der Waals surface area contributed by atoms with Crippen LogP contribution in [0.1, 0.15) is 21.5 Å². The van der Waals surface area contributed by atoms with Crippen LogP contribution in [-0.4, -0.2) is 68.7 Å². The Kier molecular flexibility index (Phi) is 6.84. The molecule has 1 heterocycles. The van der Waals surface area contributed by atoms with Crippen LogP contribution in [-0.2, 0) is 16.6 Å². The zero-order valence-electron chi connectivity index (χ0n) is 16.9. The Hall–Kier alpha value is -2.48. The van der Waals surface area contributed by atoms with Gasteiger partial charge in [0.25, 0.3) is 5.91 Å². The first-order chi connectivity index (χ1) is 13.8. The van der Waals surface area contributed by atoms with Crippen molar-refractivity contribution in [2.75, 3.05) is 40.3 Å². The Morgan fingerprint density at radius 1 is 1.00 bits per heavy atom. The summed E-state index contributed by atoms with van der Waals surface area (Å²) >= 11 is 0. The summed E-state index contributed by atoms with van der Waals surface area (Å²) in [7, 11) is 0.0447. The van der Waals surface area contributed by atoms with Crippen LogP contribution in [0.4, 0.5) is 0 Å². The standard InChI is InChI=1S/C22H27N3O3S/c1-23(2)22(26)21-10-6-9-20(17-21)18-24-12-14-25(15-13-24)29(27,28)16-11-19-7-4-3-5-8-19/h3-11,16-17H,12-15,18H2,1-2H3/b16-11+. The lowest BCUT2D eigenvalue weighted by Crippen LogP contribution is -2.47. The van der Waals surface area contributed by atoms with Crippen LogP contribution >= 0.6 is 0 Å². The largest absolute Gasteiger partial charge is 0.345 e. The van der Waals surface area contributed by atoms with E-state index in [1.54, 1.807) is 25.1 Å². The zero-order chi connectivity index (χ0) is 20.9. The number of piperazine rings is 1. The molecular formula is C22H27N3O3S. The van der Waals surface area contributed by atoms with E-state index in [9.17, 15) is 13.2 Å². The summed E-state index contributed by atoms with van der Waals surface area (Å²) in [5, 5.41) is 1.29. The van der Waals surface area contributed by atoms with E-state index in [1.165, 1.54) is 9.71 Å². The number of sulfonamides is 1.